The van der Waals surface area contributed by atoms with E-state index in [1.165, 1.54) is 13.8 Å². The summed E-state index contributed by atoms with van der Waals surface area (Å²) in [6, 6.07) is 0. The average molecular weight is 766 g/mol. The second-order valence-corrected chi connectivity index (χ2v) is 9.90. The first-order valence-electron chi connectivity index (χ1n) is 9.96. The molecule has 0 heterocycles. The largest absolute Gasteiger partial charge is 0.391 e. The fourth-order valence-corrected chi connectivity index (χ4v) is 3.38. The zero-order valence-electron chi connectivity index (χ0n) is 18.6. The molecule has 0 amide bonds. The van der Waals surface area contributed by atoms with E-state index >= 15 is 0 Å². The Balaban J connectivity index is -0.000000426. The lowest BCUT2D eigenvalue weighted by molar-refractivity contribution is -0.0947. The highest BCUT2D eigenvalue weighted by Crippen LogP contribution is 2.09. The van der Waals surface area contributed by atoms with Crippen LogP contribution in [0.5, 0.6) is 0 Å². The molecule has 16 heteroatoms. The highest BCUT2D eigenvalue weighted by Gasteiger charge is 2.30. The molecule has 0 rings (SSSR count). The monoisotopic (exact) mass is 762 g/mol. The summed E-state index contributed by atoms with van der Waals surface area (Å²) in [6.45, 7) is 2.69. The normalized spacial score (nSPS) is 22.1. The van der Waals surface area contributed by atoms with Crippen LogP contribution in [0.2, 0.25) is 0 Å². The summed E-state index contributed by atoms with van der Waals surface area (Å²) in [4.78, 5) is 0. The molecule has 0 fully saturated rings. The summed E-state index contributed by atoms with van der Waals surface area (Å²) in [6.07, 6.45) is -14.2. The van der Waals surface area contributed by atoms with Gasteiger partial charge >= 0.3 is 0 Å². The van der Waals surface area contributed by atoms with Crippen LogP contribution in [-0.4, -0.2) is 156 Å². The van der Waals surface area contributed by atoms with Gasteiger partial charge in [0.15, 0.2) is 0 Å². The minimum atomic E-state index is -1.34. The van der Waals surface area contributed by atoms with Gasteiger partial charge in [0.25, 0.3) is 0 Å². The van der Waals surface area contributed by atoms with Crippen molar-refractivity contribution in [3.8, 4) is 0 Å². The molecular formula is C18H38Br4O12. The van der Waals surface area contributed by atoms with E-state index in [1.54, 1.807) is 0 Å². The van der Waals surface area contributed by atoms with Gasteiger partial charge in [0.1, 0.15) is 36.6 Å². The number of hydrogen-bond donors (Lipinski definition) is 12. The second-order valence-electron chi connectivity index (χ2n) is 7.31. The first-order valence-corrected chi connectivity index (χ1v) is 14.4. The molecule has 12 nitrogen and oxygen atoms in total. The van der Waals surface area contributed by atoms with Crippen LogP contribution < -0.4 is 0 Å². The zero-order chi connectivity index (χ0) is 27.8. The first kappa shape index (κ1) is 39.9. The van der Waals surface area contributed by atoms with Gasteiger partial charge in [-0.25, -0.2) is 0 Å². The maximum atomic E-state index is 9.18. The molecule has 210 valence electrons. The quantitative estimate of drug-likeness (QED) is 0.0836. The van der Waals surface area contributed by atoms with Gasteiger partial charge in [-0.1, -0.05) is 63.7 Å². The van der Waals surface area contributed by atoms with Gasteiger partial charge in [0.05, 0.1) is 36.6 Å². The van der Waals surface area contributed by atoms with Crippen LogP contribution in [0.3, 0.4) is 0 Å². The van der Waals surface area contributed by atoms with Crippen LogP contribution >= 0.6 is 63.7 Å². The predicted molar refractivity (Wildman–Crippen MR) is 139 cm³/mol. The van der Waals surface area contributed by atoms with Crippen LogP contribution in [0.4, 0.5) is 0 Å². The lowest BCUT2D eigenvalue weighted by atomic mass is 10.1. The van der Waals surface area contributed by atoms with Crippen molar-refractivity contribution in [2.75, 3.05) is 21.3 Å². The Labute approximate surface area is 232 Å². The third-order valence-electron chi connectivity index (χ3n) is 4.25. The molecule has 0 saturated carbocycles. The van der Waals surface area contributed by atoms with E-state index < -0.39 is 73.2 Å². The van der Waals surface area contributed by atoms with Gasteiger partial charge < -0.3 is 61.3 Å². The van der Waals surface area contributed by atoms with Crippen molar-refractivity contribution in [1.29, 1.82) is 0 Å². The number of alkyl halides is 4. The summed E-state index contributed by atoms with van der Waals surface area (Å²) in [7, 11) is 0. The van der Waals surface area contributed by atoms with Crippen molar-refractivity contribution in [1.82, 2.24) is 0 Å². The average Bonchev–Trinajstić information content (AvgIpc) is 2.84. The van der Waals surface area contributed by atoms with Crippen molar-refractivity contribution in [2.45, 2.75) is 87.1 Å². The number of hydrogen-bond acceptors (Lipinski definition) is 12. The molecule has 0 aromatic carbocycles. The minimum Gasteiger partial charge on any atom is -0.391 e. The van der Waals surface area contributed by atoms with Crippen LogP contribution in [-0.2, 0) is 0 Å². The lowest BCUT2D eigenvalue weighted by Crippen LogP contribution is -2.45. The van der Waals surface area contributed by atoms with E-state index in [4.69, 9.17) is 40.9 Å². The summed E-state index contributed by atoms with van der Waals surface area (Å²) < 4.78 is 0. The van der Waals surface area contributed by atoms with Gasteiger partial charge in [0, 0.05) is 21.3 Å². The van der Waals surface area contributed by atoms with Gasteiger partial charge in [-0.05, 0) is 13.8 Å². The Morgan fingerprint density at radius 1 is 0.353 bits per heavy atom. The standard InChI is InChI=1S/2C6H12Br2O4.C6H14O4/c2*7-1-3(9)5(11)6(12)4(10)2-8;1-3(7)5(9)6(10)4(2)8/h2*3-6,9-12H,1-2H2;3-10H,1-2H3. The topological polar surface area (TPSA) is 243 Å². The molecular weight excluding hydrogens is 728 g/mol. The summed E-state index contributed by atoms with van der Waals surface area (Å²) in [5, 5.41) is 109. The molecule has 12 N–H and O–H groups in total. The Morgan fingerprint density at radius 3 is 0.588 bits per heavy atom. The van der Waals surface area contributed by atoms with Gasteiger partial charge in [-0.15, -0.1) is 0 Å². The van der Waals surface area contributed by atoms with Crippen LogP contribution in [0.15, 0.2) is 0 Å². The smallest absolute Gasteiger partial charge is 0.109 e. The van der Waals surface area contributed by atoms with Crippen LogP contribution in [0.1, 0.15) is 13.8 Å². The highest BCUT2D eigenvalue weighted by atomic mass is 79.9. The predicted octanol–water partition coefficient (Wildman–Crippen LogP) is -3.09. The van der Waals surface area contributed by atoms with E-state index in [-0.39, 0.29) is 21.3 Å². The van der Waals surface area contributed by atoms with Crippen molar-refractivity contribution in [2.24, 2.45) is 0 Å². The maximum Gasteiger partial charge on any atom is 0.109 e. The SMILES string of the molecule is CC(O)C(O)C(O)C(C)O.OC(CBr)C(O)C(O)C(O)CBr.OC(CBr)C(O)C(O)C(O)CBr. The molecule has 0 saturated heterocycles. The van der Waals surface area contributed by atoms with E-state index in [0.717, 1.165) is 0 Å². The maximum absolute atomic E-state index is 9.18. The first-order chi connectivity index (χ1) is 15.5. The Hall–Kier alpha value is 1.44. The van der Waals surface area contributed by atoms with E-state index in [2.05, 4.69) is 63.7 Å². The molecule has 34 heavy (non-hydrogen) atoms. The molecule has 0 aliphatic heterocycles. The Morgan fingerprint density at radius 2 is 0.500 bits per heavy atom. The second kappa shape index (κ2) is 22.4. The van der Waals surface area contributed by atoms with Gasteiger partial charge in [-0.2, -0.15) is 0 Å². The summed E-state index contributed by atoms with van der Waals surface area (Å²) >= 11 is 11.8. The zero-order valence-corrected chi connectivity index (χ0v) is 25.0. The Bertz CT molecular complexity index is 401. The van der Waals surface area contributed by atoms with Crippen molar-refractivity contribution in [3.63, 3.8) is 0 Å². The number of aliphatic hydroxyl groups is 12. The minimum absolute atomic E-state index is 0.153. The number of aliphatic hydroxyl groups excluding tert-OH is 12. The van der Waals surface area contributed by atoms with E-state index in [0.29, 0.717) is 0 Å². The summed E-state index contributed by atoms with van der Waals surface area (Å²) in [5.74, 6) is 0. The number of rotatable bonds is 13. The molecule has 12 unspecified atom stereocenters. The molecule has 0 spiro atoms. The third kappa shape index (κ3) is 17.0. The van der Waals surface area contributed by atoms with Crippen LogP contribution in [0, 0.1) is 0 Å². The molecule has 0 aliphatic rings. The van der Waals surface area contributed by atoms with Crippen molar-refractivity contribution >= 4 is 63.7 Å². The van der Waals surface area contributed by atoms with Gasteiger partial charge in [-0.3, -0.25) is 0 Å². The van der Waals surface area contributed by atoms with Crippen molar-refractivity contribution in [3.05, 3.63) is 0 Å². The molecule has 0 aliphatic carbocycles. The van der Waals surface area contributed by atoms with Gasteiger partial charge in [0.2, 0.25) is 0 Å². The van der Waals surface area contributed by atoms with E-state index in [9.17, 15) is 20.4 Å². The summed E-state index contributed by atoms with van der Waals surface area (Å²) in [5.41, 5.74) is 0. The Kier molecular flexibility index (Phi) is 26.3. The van der Waals surface area contributed by atoms with Crippen LogP contribution in [0.25, 0.3) is 0 Å². The fourth-order valence-electron chi connectivity index (χ4n) is 1.85. The lowest BCUT2D eigenvalue weighted by Gasteiger charge is -2.24. The highest BCUT2D eigenvalue weighted by molar-refractivity contribution is 9.09. The van der Waals surface area contributed by atoms with Crippen molar-refractivity contribution < 1.29 is 61.3 Å². The third-order valence-corrected chi connectivity index (χ3v) is 6.90. The molecule has 0 aromatic rings. The molecule has 0 radical (unpaired) electrons. The number of halogens is 4. The van der Waals surface area contributed by atoms with E-state index in [1.807, 2.05) is 0 Å². The molecule has 12 atom stereocenters. The molecule has 0 bridgehead atoms. The molecule has 0 aromatic heterocycles. The fraction of sp³-hybridized carbons (Fsp3) is 1.00.